The summed E-state index contributed by atoms with van der Waals surface area (Å²) in [5.74, 6) is 0. The van der Waals surface area contributed by atoms with Gasteiger partial charge in [-0.3, -0.25) is 0 Å². The van der Waals surface area contributed by atoms with Gasteiger partial charge in [0.1, 0.15) is 5.67 Å². The molecule has 0 saturated heterocycles. The van der Waals surface area contributed by atoms with Gasteiger partial charge >= 0.3 is 0 Å². The molecule has 2 heteroatoms. The second kappa shape index (κ2) is 5.16. The van der Waals surface area contributed by atoms with E-state index in [4.69, 9.17) is 4.74 Å². The molecule has 66 valence electrons. The standard InChI is InChI=1S/C9H17FO/c1-4-6-9(3,10)7-8-11-5-2/h5H,2,4,6-8H2,1,3H3. The number of ether oxygens (including phenoxy) is 1. The lowest BCUT2D eigenvalue weighted by molar-refractivity contribution is 0.115. The van der Waals surface area contributed by atoms with Gasteiger partial charge in [0.15, 0.2) is 0 Å². The second-order valence-electron chi connectivity index (χ2n) is 2.95. The third-order valence-electron chi connectivity index (χ3n) is 1.63. The van der Waals surface area contributed by atoms with Crippen LogP contribution in [-0.2, 0) is 4.74 Å². The Hall–Kier alpha value is -0.530. The summed E-state index contributed by atoms with van der Waals surface area (Å²) in [5.41, 5.74) is -1.07. The molecule has 0 N–H and O–H groups in total. The Morgan fingerprint density at radius 1 is 1.55 bits per heavy atom. The zero-order valence-electron chi connectivity index (χ0n) is 7.40. The van der Waals surface area contributed by atoms with Gasteiger partial charge in [-0.25, -0.2) is 4.39 Å². The van der Waals surface area contributed by atoms with Crippen LogP contribution in [0.5, 0.6) is 0 Å². The largest absolute Gasteiger partial charge is 0.502 e. The van der Waals surface area contributed by atoms with E-state index in [0.29, 0.717) is 19.4 Å². The lowest BCUT2D eigenvalue weighted by atomic mass is 9.99. The van der Waals surface area contributed by atoms with E-state index in [9.17, 15) is 4.39 Å². The van der Waals surface area contributed by atoms with Crippen molar-refractivity contribution in [2.24, 2.45) is 0 Å². The van der Waals surface area contributed by atoms with E-state index in [1.165, 1.54) is 6.26 Å². The molecule has 0 aliphatic carbocycles. The Bertz CT molecular complexity index is 110. The maximum atomic E-state index is 13.3. The van der Waals surface area contributed by atoms with Crippen LogP contribution in [0.2, 0.25) is 0 Å². The van der Waals surface area contributed by atoms with Crippen LogP contribution in [0.3, 0.4) is 0 Å². The van der Waals surface area contributed by atoms with E-state index < -0.39 is 5.67 Å². The highest BCUT2D eigenvalue weighted by Crippen LogP contribution is 2.21. The molecule has 0 heterocycles. The van der Waals surface area contributed by atoms with Crippen LogP contribution in [0.25, 0.3) is 0 Å². The van der Waals surface area contributed by atoms with Crippen molar-refractivity contribution in [3.8, 4) is 0 Å². The molecule has 0 spiro atoms. The summed E-state index contributed by atoms with van der Waals surface area (Å²) in [6.07, 6.45) is 3.28. The Morgan fingerprint density at radius 3 is 2.64 bits per heavy atom. The predicted octanol–water partition coefficient (Wildman–Crippen LogP) is 3.06. The first-order chi connectivity index (χ1) is 5.12. The number of hydrogen-bond acceptors (Lipinski definition) is 1. The Labute approximate surface area is 68.2 Å². The zero-order valence-corrected chi connectivity index (χ0v) is 7.40. The van der Waals surface area contributed by atoms with Crippen molar-refractivity contribution in [3.63, 3.8) is 0 Å². The topological polar surface area (TPSA) is 9.23 Å². The van der Waals surface area contributed by atoms with E-state index in [1.54, 1.807) is 6.92 Å². The molecule has 0 saturated carbocycles. The van der Waals surface area contributed by atoms with Crippen molar-refractivity contribution >= 4 is 0 Å². The number of hydrogen-bond donors (Lipinski definition) is 0. The van der Waals surface area contributed by atoms with Crippen molar-refractivity contribution in [2.45, 2.75) is 38.8 Å². The molecule has 0 aliphatic rings. The summed E-state index contributed by atoms with van der Waals surface area (Å²) in [6.45, 7) is 7.40. The molecule has 0 aromatic rings. The van der Waals surface area contributed by atoms with Gasteiger partial charge in [-0.15, -0.1) is 0 Å². The molecule has 0 aliphatic heterocycles. The van der Waals surface area contributed by atoms with Crippen molar-refractivity contribution in [2.75, 3.05) is 6.61 Å². The lowest BCUT2D eigenvalue weighted by Crippen LogP contribution is -2.19. The Kier molecular flexibility index (Phi) is 4.92. The van der Waals surface area contributed by atoms with Gasteiger partial charge in [-0.05, 0) is 13.3 Å². The molecule has 0 radical (unpaired) electrons. The van der Waals surface area contributed by atoms with Crippen LogP contribution < -0.4 is 0 Å². The monoisotopic (exact) mass is 160 g/mol. The number of rotatable bonds is 6. The molecule has 11 heavy (non-hydrogen) atoms. The fraction of sp³-hybridized carbons (Fsp3) is 0.778. The van der Waals surface area contributed by atoms with Gasteiger partial charge in [-0.1, -0.05) is 19.9 Å². The lowest BCUT2D eigenvalue weighted by Gasteiger charge is -2.18. The van der Waals surface area contributed by atoms with Crippen LogP contribution in [0, 0.1) is 0 Å². The van der Waals surface area contributed by atoms with Crippen molar-refractivity contribution in [1.29, 1.82) is 0 Å². The average molecular weight is 160 g/mol. The maximum Gasteiger partial charge on any atom is 0.111 e. The van der Waals surface area contributed by atoms with E-state index in [0.717, 1.165) is 6.42 Å². The smallest absolute Gasteiger partial charge is 0.111 e. The number of halogens is 1. The third kappa shape index (κ3) is 5.89. The van der Waals surface area contributed by atoms with Crippen LogP contribution in [0.1, 0.15) is 33.1 Å². The van der Waals surface area contributed by atoms with Crippen LogP contribution >= 0.6 is 0 Å². The van der Waals surface area contributed by atoms with Crippen LogP contribution in [-0.4, -0.2) is 12.3 Å². The van der Waals surface area contributed by atoms with Gasteiger partial charge in [0.2, 0.25) is 0 Å². The summed E-state index contributed by atoms with van der Waals surface area (Å²) in [6, 6.07) is 0. The van der Waals surface area contributed by atoms with Gasteiger partial charge in [-0.2, -0.15) is 0 Å². The van der Waals surface area contributed by atoms with Gasteiger partial charge in [0, 0.05) is 6.42 Å². The first-order valence-electron chi connectivity index (χ1n) is 4.04. The first-order valence-corrected chi connectivity index (χ1v) is 4.04. The maximum absolute atomic E-state index is 13.3. The van der Waals surface area contributed by atoms with Gasteiger partial charge in [0.05, 0.1) is 12.9 Å². The molecule has 1 atom stereocenters. The Morgan fingerprint density at radius 2 is 2.18 bits per heavy atom. The van der Waals surface area contributed by atoms with E-state index in [1.807, 2.05) is 6.92 Å². The van der Waals surface area contributed by atoms with Crippen molar-refractivity contribution in [1.82, 2.24) is 0 Å². The van der Waals surface area contributed by atoms with Gasteiger partial charge < -0.3 is 4.74 Å². The van der Waals surface area contributed by atoms with Gasteiger partial charge in [0.25, 0.3) is 0 Å². The summed E-state index contributed by atoms with van der Waals surface area (Å²) >= 11 is 0. The molecule has 0 bridgehead atoms. The minimum absolute atomic E-state index is 0.427. The highest BCUT2D eigenvalue weighted by molar-refractivity contribution is 4.72. The fourth-order valence-corrected chi connectivity index (χ4v) is 1.00. The molecule has 0 amide bonds. The summed E-state index contributed by atoms with van der Waals surface area (Å²) in [5, 5.41) is 0. The average Bonchev–Trinajstić information content (AvgIpc) is 1.87. The fourth-order valence-electron chi connectivity index (χ4n) is 1.00. The molecular formula is C9H17FO. The SMILES string of the molecule is C=COCCC(C)(F)CCC. The quantitative estimate of drug-likeness (QED) is 0.428. The summed E-state index contributed by atoms with van der Waals surface area (Å²) in [4.78, 5) is 0. The minimum Gasteiger partial charge on any atom is -0.502 e. The summed E-state index contributed by atoms with van der Waals surface area (Å²) < 4.78 is 18.1. The predicted molar refractivity (Wildman–Crippen MR) is 45.2 cm³/mol. The molecule has 1 nitrogen and oxygen atoms in total. The number of alkyl halides is 1. The zero-order chi connectivity index (χ0) is 8.74. The molecule has 0 rings (SSSR count). The normalized spacial score (nSPS) is 15.5. The van der Waals surface area contributed by atoms with Crippen LogP contribution in [0.15, 0.2) is 12.8 Å². The minimum atomic E-state index is -1.07. The highest BCUT2D eigenvalue weighted by atomic mass is 19.1. The molecule has 1 unspecified atom stereocenters. The molecule has 0 aromatic heterocycles. The second-order valence-corrected chi connectivity index (χ2v) is 2.95. The molecule has 0 aromatic carbocycles. The van der Waals surface area contributed by atoms with E-state index in [-0.39, 0.29) is 0 Å². The molecular weight excluding hydrogens is 143 g/mol. The van der Waals surface area contributed by atoms with Crippen LogP contribution in [0.4, 0.5) is 4.39 Å². The third-order valence-corrected chi connectivity index (χ3v) is 1.63. The highest BCUT2D eigenvalue weighted by Gasteiger charge is 2.20. The molecule has 0 fully saturated rings. The Balaban J connectivity index is 3.45. The van der Waals surface area contributed by atoms with E-state index >= 15 is 0 Å². The van der Waals surface area contributed by atoms with Crippen molar-refractivity contribution < 1.29 is 9.13 Å². The van der Waals surface area contributed by atoms with E-state index in [2.05, 4.69) is 6.58 Å². The first kappa shape index (κ1) is 10.5. The summed E-state index contributed by atoms with van der Waals surface area (Å²) in [7, 11) is 0. The van der Waals surface area contributed by atoms with Crippen molar-refractivity contribution in [3.05, 3.63) is 12.8 Å².